The van der Waals surface area contributed by atoms with Crippen molar-refractivity contribution in [3.63, 3.8) is 0 Å². The quantitative estimate of drug-likeness (QED) is 0.905. The van der Waals surface area contributed by atoms with Gasteiger partial charge in [-0.1, -0.05) is 36.4 Å². The van der Waals surface area contributed by atoms with Crippen molar-refractivity contribution >= 4 is 10.0 Å². The lowest BCUT2D eigenvalue weighted by Gasteiger charge is -2.30. The molecule has 0 spiro atoms. The van der Waals surface area contributed by atoms with Gasteiger partial charge in [0.25, 0.3) is 0 Å². The van der Waals surface area contributed by atoms with E-state index in [1.54, 1.807) is 12.1 Å². The number of nitrogens with one attached hydrogen (secondary N) is 1. The van der Waals surface area contributed by atoms with Gasteiger partial charge in [-0.2, -0.15) is 0 Å². The number of sulfonamides is 1. The molecule has 4 nitrogen and oxygen atoms in total. The zero-order valence-electron chi connectivity index (χ0n) is 13.4. The van der Waals surface area contributed by atoms with Gasteiger partial charge in [-0.15, -0.1) is 0 Å². The summed E-state index contributed by atoms with van der Waals surface area (Å²) in [5, 5.41) is 8.84. The molecule has 5 heteroatoms. The third-order valence-corrected chi connectivity index (χ3v) is 5.48. The van der Waals surface area contributed by atoms with Crippen LogP contribution >= 0.6 is 0 Å². The molecule has 122 valence electrons. The van der Waals surface area contributed by atoms with E-state index in [1.807, 2.05) is 12.1 Å². The number of hydrogen-bond acceptors (Lipinski definition) is 3. The van der Waals surface area contributed by atoms with Crippen LogP contribution in [0.2, 0.25) is 0 Å². The van der Waals surface area contributed by atoms with Crippen molar-refractivity contribution in [2.45, 2.75) is 43.2 Å². The van der Waals surface area contributed by atoms with Crippen molar-refractivity contribution in [1.82, 2.24) is 5.32 Å². The molecule has 0 saturated carbocycles. The average molecular weight is 330 g/mol. The van der Waals surface area contributed by atoms with Crippen LogP contribution in [0.15, 0.2) is 53.4 Å². The molecule has 0 amide bonds. The van der Waals surface area contributed by atoms with Gasteiger partial charge in [0.15, 0.2) is 0 Å². The molecule has 0 aromatic heterocycles. The van der Waals surface area contributed by atoms with Gasteiger partial charge in [-0.25, -0.2) is 13.6 Å². The number of nitrogens with two attached hydrogens (primary N) is 1. The van der Waals surface area contributed by atoms with Crippen LogP contribution < -0.4 is 10.5 Å². The predicted octanol–water partition coefficient (Wildman–Crippen LogP) is 2.54. The Hall–Kier alpha value is -1.69. The topological polar surface area (TPSA) is 72.2 Å². The van der Waals surface area contributed by atoms with Crippen molar-refractivity contribution in [3.05, 3.63) is 65.2 Å². The van der Waals surface area contributed by atoms with Crippen molar-refractivity contribution in [1.29, 1.82) is 0 Å². The van der Waals surface area contributed by atoms with E-state index in [4.69, 9.17) is 5.14 Å². The summed E-state index contributed by atoms with van der Waals surface area (Å²) in [6, 6.07) is 15.4. The molecule has 0 heterocycles. The monoisotopic (exact) mass is 330 g/mol. The second-order valence-electron chi connectivity index (χ2n) is 6.66. The summed E-state index contributed by atoms with van der Waals surface area (Å²) in [4.78, 5) is 0.146. The number of rotatable bonds is 4. The summed E-state index contributed by atoms with van der Waals surface area (Å²) in [6.45, 7) is 4.34. The van der Waals surface area contributed by atoms with Gasteiger partial charge in [0, 0.05) is 11.6 Å². The Kier molecular flexibility index (Phi) is 4.04. The first-order valence-electron chi connectivity index (χ1n) is 7.74. The fourth-order valence-corrected chi connectivity index (χ4v) is 3.98. The van der Waals surface area contributed by atoms with E-state index >= 15 is 0 Å². The fourth-order valence-electron chi connectivity index (χ4n) is 3.46. The molecule has 0 fully saturated rings. The number of hydrogen-bond donors (Lipinski definition) is 2. The van der Waals surface area contributed by atoms with Gasteiger partial charge in [-0.3, -0.25) is 0 Å². The summed E-state index contributed by atoms with van der Waals surface area (Å²) in [5.41, 5.74) is 3.87. The summed E-state index contributed by atoms with van der Waals surface area (Å²) in [6.07, 6.45) is 2.01. The first kappa shape index (κ1) is 16.2. The number of benzene rings is 2. The molecular weight excluding hydrogens is 308 g/mol. The summed E-state index contributed by atoms with van der Waals surface area (Å²) < 4.78 is 22.7. The van der Waals surface area contributed by atoms with Crippen molar-refractivity contribution in [2.24, 2.45) is 5.14 Å². The fraction of sp³-hybridized carbons (Fsp3) is 0.333. The number of fused-ring (bicyclic) bond motifs is 1. The van der Waals surface area contributed by atoms with E-state index in [2.05, 4.69) is 43.4 Å². The van der Waals surface area contributed by atoms with Gasteiger partial charge in [0.1, 0.15) is 0 Å². The second kappa shape index (κ2) is 5.74. The maximum Gasteiger partial charge on any atom is 0.238 e. The smallest absolute Gasteiger partial charge is 0.238 e. The Labute approximate surface area is 137 Å². The zero-order chi connectivity index (χ0) is 16.7. The highest BCUT2D eigenvalue weighted by atomic mass is 32.2. The lowest BCUT2D eigenvalue weighted by atomic mass is 9.95. The van der Waals surface area contributed by atoms with Gasteiger partial charge >= 0.3 is 0 Å². The van der Waals surface area contributed by atoms with Gasteiger partial charge in [0.05, 0.1) is 4.90 Å². The van der Waals surface area contributed by atoms with Crippen molar-refractivity contribution in [3.8, 4) is 0 Å². The molecule has 0 bridgehead atoms. The Bertz CT molecular complexity index is 788. The van der Waals surface area contributed by atoms with Crippen molar-refractivity contribution < 1.29 is 8.42 Å². The maximum absolute atomic E-state index is 11.3. The zero-order valence-corrected chi connectivity index (χ0v) is 14.2. The largest absolute Gasteiger partial charge is 0.304 e. The van der Waals surface area contributed by atoms with Gasteiger partial charge in [-0.05, 0) is 55.5 Å². The van der Waals surface area contributed by atoms with E-state index in [-0.39, 0.29) is 16.5 Å². The van der Waals surface area contributed by atoms with Crippen molar-refractivity contribution in [2.75, 3.05) is 0 Å². The molecule has 0 aliphatic heterocycles. The normalized spacial score (nSPS) is 17.7. The molecule has 1 aliphatic rings. The Morgan fingerprint density at radius 2 is 1.57 bits per heavy atom. The Morgan fingerprint density at radius 3 is 2.04 bits per heavy atom. The molecule has 3 N–H and O–H groups in total. The third kappa shape index (κ3) is 3.47. The predicted molar refractivity (Wildman–Crippen MR) is 91.6 cm³/mol. The van der Waals surface area contributed by atoms with Crippen LogP contribution in [0.5, 0.6) is 0 Å². The molecule has 23 heavy (non-hydrogen) atoms. The van der Waals surface area contributed by atoms with Crippen LogP contribution in [0, 0.1) is 0 Å². The third-order valence-electron chi connectivity index (χ3n) is 4.55. The number of primary sulfonamides is 1. The first-order valence-corrected chi connectivity index (χ1v) is 9.29. The molecule has 3 rings (SSSR count). The molecule has 1 aliphatic carbocycles. The van der Waals surface area contributed by atoms with E-state index in [0.29, 0.717) is 0 Å². The molecule has 2 aromatic rings. The van der Waals surface area contributed by atoms with E-state index < -0.39 is 10.0 Å². The van der Waals surface area contributed by atoms with Gasteiger partial charge < -0.3 is 5.32 Å². The molecule has 2 aromatic carbocycles. The minimum absolute atomic E-state index is 0.0156. The summed E-state index contributed by atoms with van der Waals surface area (Å²) >= 11 is 0. The van der Waals surface area contributed by atoms with E-state index in [9.17, 15) is 8.42 Å². The second-order valence-corrected chi connectivity index (χ2v) is 8.22. The van der Waals surface area contributed by atoms with Crippen LogP contribution in [-0.4, -0.2) is 14.0 Å². The van der Waals surface area contributed by atoms with Crippen LogP contribution in [-0.2, 0) is 22.9 Å². The minimum Gasteiger partial charge on any atom is -0.304 e. The maximum atomic E-state index is 11.3. The highest BCUT2D eigenvalue weighted by Gasteiger charge is 2.33. The summed E-state index contributed by atoms with van der Waals surface area (Å²) in [7, 11) is -3.64. The lowest BCUT2D eigenvalue weighted by Crippen LogP contribution is -2.44. The first-order chi connectivity index (χ1) is 10.8. The molecule has 1 atom stereocenters. The average Bonchev–Trinajstić information content (AvgIpc) is 2.82. The molecule has 0 radical (unpaired) electrons. The van der Waals surface area contributed by atoms with Crippen LogP contribution in [0.4, 0.5) is 0 Å². The van der Waals surface area contributed by atoms with Gasteiger partial charge in [0.2, 0.25) is 10.0 Å². The van der Waals surface area contributed by atoms with E-state index in [1.165, 1.54) is 11.1 Å². The van der Waals surface area contributed by atoms with Crippen LogP contribution in [0.1, 0.15) is 36.6 Å². The van der Waals surface area contributed by atoms with E-state index in [0.717, 1.165) is 18.4 Å². The van der Waals surface area contributed by atoms with Crippen LogP contribution in [0.3, 0.4) is 0 Å². The summed E-state index contributed by atoms with van der Waals surface area (Å²) in [5.74, 6) is 0. The Morgan fingerprint density at radius 1 is 1.04 bits per heavy atom. The molecule has 0 unspecified atom stereocenters. The lowest BCUT2D eigenvalue weighted by molar-refractivity contribution is 0.333. The standard InChI is InChI=1S/C18H22N2O2S/c1-13(14-7-9-17(10-8-14)23(19,21)22)20-18(2)11-15-5-3-4-6-16(15)12-18/h3-10,13,20H,11-12H2,1-2H3,(H2,19,21,22)/t13-/m0/s1. The highest BCUT2D eigenvalue weighted by molar-refractivity contribution is 7.89. The minimum atomic E-state index is -3.64. The molecular formula is C18H22N2O2S. The van der Waals surface area contributed by atoms with Crippen LogP contribution in [0.25, 0.3) is 0 Å². The molecule has 0 saturated heterocycles. The Balaban J connectivity index is 1.74. The highest BCUT2D eigenvalue weighted by Crippen LogP contribution is 2.31. The SMILES string of the molecule is C[C@H](NC1(C)Cc2ccccc2C1)c1ccc(S(N)(=O)=O)cc1.